The minimum atomic E-state index is -1.38. The van der Waals surface area contributed by atoms with Gasteiger partial charge in [-0.05, 0) is 11.1 Å². The molecule has 45 valence electrons. The first-order valence-corrected chi connectivity index (χ1v) is 5.34. The van der Waals surface area contributed by atoms with Gasteiger partial charge < -0.3 is 4.80 Å². The van der Waals surface area contributed by atoms with Crippen molar-refractivity contribution >= 4 is 9.04 Å². The first-order chi connectivity index (χ1) is 3.88. The van der Waals surface area contributed by atoms with E-state index in [1.807, 2.05) is 0 Å². The van der Waals surface area contributed by atoms with E-state index in [4.69, 9.17) is 0 Å². The lowest BCUT2D eigenvalue weighted by molar-refractivity contribution is 0.441. The van der Waals surface area contributed by atoms with Gasteiger partial charge in [0.2, 0.25) is 9.04 Å². The fraction of sp³-hybridized carbons (Fsp3) is 1.00. The van der Waals surface area contributed by atoms with Gasteiger partial charge in [-0.1, -0.05) is 25.7 Å². The maximum Gasteiger partial charge on any atom is 0.228 e. The molecule has 2 fully saturated rings. The van der Waals surface area contributed by atoms with Crippen LogP contribution < -0.4 is 0 Å². The smallest absolute Gasteiger partial charge is 0.228 e. The van der Waals surface area contributed by atoms with Crippen LogP contribution in [-0.2, 0) is 4.80 Å². The van der Waals surface area contributed by atoms with E-state index in [0.717, 1.165) is 11.1 Å². The summed E-state index contributed by atoms with van der Waals surface area (Å²) in [6.45, 7) is 0. The Balaban J connectivity index is 1.84. The second-order valence-corrected chi connectivity index (χ2v) is 5.95. The standard InChI is InChI=1S/C6H11OSi/c7-8(5-1-2-5)6-3-4-6/h5-6,8H,1-4H2. The van der Waals surface area contributed by atoms with Gasteiger partial charge >= 0.3 is 0 Å². The van der Waals surface area contributed by atoms with E-state index in [1.54, 1.807) is 0 Å². The molecule has 0 heterocycles. The van der Waals surface area contributed by atoms with Gasteiger partial charge in [-0.2, -0.15) is 0 Å². The Hall–Kier alpha value is 0.177. The largest absolute Gasteiger partial charge is 0.301 e. The summed E-state index contributed by atoms with van der Waals surface area (Å²) in [4.78, 5) is 11.2. The Bertz CT molecular complexity index is 84.7. The third-order valence-electron chi connectivity index (χ3n) is 2.17. The SMILES string of the molecule is [O][SiH](C1CC1)C1CC1. The molecule has 0 amide bonds. The van der Waals surface area contributed by atoms with Crippen molar-refractivity contribution in [2.75, 3.05) is 0 Å². The molecule has 2 heteroatoms. The van der Waals surface area contributed by atoms with Crippen LogP contribution in [0.4, 0.5) is 0 Å². The quantitative estimate of drug-likeness (QED) is 0.501. The van der Waals surface area contributed by atoms with E-state index in [0.29, 0.717) is 0 Å². The van der Waals surface area contributed by atoms with Gasteiger partial charge in [0.15, 0.2) is 0 Å². The van der Waals surface area contributed by atoms with Crippen LogP contribution in [0.5, 0.6) is 0 Å². The van der Waals surface area contributed by atoms with Crippen LogP contribution in [-0.4, -0.2) is 9.04 Å². The van der Waals surface area contributed by atoms with Gasteiger partial charge in [0.1, 0.15) is 0 Å². The van der Waals surface area contributed by atoms with E-state index in [2.05, 4.69) is 0 Å². The summed E-state index contributed by atoms with van der Waals surface area (Å²) in [5.74, 6) is 0. The molecule has 2 rings (SSSR count). The Morgan fingerprint density at radius 3 is 1.62 bits per heavy atom. The summed E-state index contributed by atoms with van der Waals surface area (Å²) in [5, 5.41) is 0. The van der Waals surface area contributed by atoms with E-state index < -0.39 is 9.04 Å². The molecule has 2 aliphatic rings. The van der Waals surface area contributed by atoms with Crippen molar-refractivity contribution in [3.05, 3.63) is 0 Å². The topological polar surface area (TPSA) is 19.9 Å². The van der Waals surface area contributed by atoms with Crippen molar-refractivity contribution in [2.45, 2.75) is 36.8 Å². The number of hydrogen-bond donors (Lipinski definition) is 0. The van der Waals surface area contributed by atoms with Crippen LogP contribution in [0.3, 0.4) is 0 Å². The minimum absolute atomic E-state index is 0.738. The predicted molar refractivity (Wildman–Crippen MR) is 33.8 cm³/mol. The molecular weight excluding hydrogens is 116 g/mol. The second-order valence-electron chi connectivity index (χ2n) is 3.14. The molecule has 0 aliphatic heterocycles. The van der Waals surface area contributed by atoms with Crippen molar-refractivity contribution in [2.24, 2.45) is 0 Å². The zero-order valence-electron chi connectivity index (χ0n) is 4.97. The molecule has 0 aromatic heterocycles. The molecular formula is C6H11OSi. The molecule has 0 N–H and O–H groups in total. The summed E-state index contributed by atoms with van der Waals surface area (Å²) < 4.78 is 0. The first-order valence-electron chi connectivity index (χ1n) is 3.54. The zero-order chi connectivity index (χ0) is 5.56. The zero-order valence-corrected chi connectivity index (χ0v) is 6.12. The summed E-state index contributed by atoms with van der Waals surface area (Å²) in [6, 6.07) is 0. The molecule has 0 aromatic carbocycles. The first kappa shape index (κ1) is 5.00. The number of hydrogen-bond acceptors (Lipinski definition) is 0. The highest BCUT2D eigenvalue weighted by molar-refractivity contribution is 6.55. The fourth-order valence-corrected chi connectivity index (χ4v) is 3.70. The molecule has 0 saturated heterocycles. The molecule has 2 aliphatic carbocycles. The highest BCUT2D eigenvalue weighted by Gasteiger charge is 2.43. The molecule has 1 radical (unpaired) electrons. The van der Waals surface area contributed by atoms with E-state index in [9.17, 15) is 4.80 Å². The highest BCUT2D eigenvalue weighted by Crippen LogP contribution is 2.50. The normalized spacial score (nSPS) is 29.2. The van der Waals surface area contributed by atoms with Crippen LogP contribution in [0, 0.1) is 0 Å². The molecule has 0 aromatic rings. The molecule has 1 nitrogen and oxygen atoms in total. The van der Waals surface area contributed by atoms with E-state index in [-0.39, 0.29) is 0 Å². The van der Waals surface area contributed by atoms with Gasteiger partial charge in [0.25, 0.3) is 0 Å². The molecule has 8 heavy (non-hydrogen) atoms. The Labute approximate surface area is 51.4 Å². The Kier molecular flexibility index (Phi) is 0.986. The van der Waals surface area contributed by atoms with Crippen LogP contribution in [0.15, 0.2) is 0 Å². The lowest BCUT2D eigenvalue weighted by Gasteiger charge is -1.96. The van der Waals surface area contributed by atoms with Crippen LogP contribution in [0.2, 0.25) is 11.1 Å². The van der Waals surface area contributed by atoms with Crippen LogP contribution in [0.1, 0.15) is 25.7 Å². The van der Waals surface area contributed by atoms with Gasteiger partial charge in [-0.3, -0.25) is 0 Å². The summed E-state index contributed by atoms with van der Waals surface area (Å²) >= 11 is 0. The van der Waals surface area contributed by atoms with E-state index >= 15 is 0 Å². The Morgan fingerprint density at radius 2 is 1.38 bits per heavy atom. The van der Waals surface area contributed by atoms with Crippen molar-refractivity contribution in [3.8, 4) is 0 Å². The average Bonchev–Trinajstić information content (AvgIpc) is 2.63. The van der Waals surface area contributed by atoms with Crippen molar-refractivity contribution in [1.29, 1.82) is 0 Å². The highest BCUT2D eigenvalue weighted by atomic mass is 28.3. The van der Waals surface area contributed by atoms with Crippen molar-refractivity contribution in [3.63, 3.8) is 0 Å². The molecule has 0 bridgehead atoms. The molecule has 0 unspecified atom stereocenters. The Morgan fingerprint density at radius 1 is 1.00 bits per heavy atom. The van der Waals surface area contributed by atoms with Crippen LogP contribution >= 0.6 is 0 Å². The molecule has 2 saturated carbocycles. The van der Waals surface area contributed by atoms with Crippen molar-refractivity contribution < 1.29 is 4.80 Å². The van der Waals surface area contributed by atoms with Gasteiger partial charge in [0.05, 0.1) is 0 Å². The van der Waals surface area contributed by atoms with Gasteiger partial charge in [-0.15, -0.1) is 0 Å². The summed E-state index contributed by atoms with van der Waals surface area (Å²) in [5.41, 5.74) is 1.48. The summed E-state index contributed by atoms with van der Waals surface area (Å²) in [7, 11) is -1.38. The lowest BCUT2D eigenvalue weighted by Crippen LogP contribution is -2.08. The second kappa shape index (κ2) is 1.58. The average molecular weight is 127 g/mol. The molecule has 0 spiro atoms. The van der Waals surface area contributed by atoms with Gasteiger partial charge in [0, 0.05) is 0 Å². The maximum atomic E-state index is 11.2. The van der Waals surface area contributed by atoms with Gasteiger partial charge in [-0.25, -0.2) is 0 Å². The number of rotatable bonds is 2. The maximum absolute atomic E-state index is 11.2. The fourth-order valence-electron chi connectivity index (χ4n) is 1.23. The lowest BCUT2D eigenvalue weighted by atomic mass is 10.9. The minimum Gasteiger partial charge on any atom is -0.301 e. The van der Waals surface area contributed by atoms with Crippen LogP contribution in [0.25, 0.3) is 0 Å². The predicted octanol–water partition coefficient (Wildman–Crippen LogP) is 1.47. The van der Waals surface area contributed by atoms with E-state index in [1.165, 1.54) is 25.7 Å². The monoisotopic (exact) mass is 127 g/mol. The third kappa shape index (κ3) is 0.824. The van der Waals surface area contributed by atoms with Crippen molar-refractivity contribution in [1.82, 2.24) is 0 Å². The molecule has 0 atom stereocenters. The third-order valence-corrected chi connectivity index (χ3v) is 5.37. The summed E-state index contributed by atoms with van der Waals surface area (Å²) in [6.07, 6.45) is 5.15.